The van der Waals surface area contributed by atoms with E-state index in [1.165, 1.54) is 17.2 Å². The molecule has 0 radical (unpaired) electrons. The monoisotopic (exact) mass is 271 g/mol. The van der Waals surface area contributed by atoms with Crippen molar-refractivity contribution in [2.24, 2.45) is 0 Å². The van der Waals surface area contributed by atoms with Crippen LogP contribution in [0.3, 0.4) is 0 Å². The third-order valence-corrected chi connectivity index (χ3v) is 3.55. The molecule has 0 aliphatic carbocycles. The van der Waals surface area contributed by atoms with E-state index in [9.17, 15) is 4.39 Å². The Morgan fingerprint density at radius 1 is 1.05 bits per heavy atom. The van der Waals surface area contributed by atoms with Gasteiger partial charge in [0.05, 0.1) is 6.04 Å². The Balaban J connectivity index is 2.38. The highest BCUT2D eigenvalue weighted by Crippen LogP contribution is 2.25. The highest BCUT2D eigenvalue weighted by Gasteiger charge is 2.15. The molecule has 1 unspecified atom stereocenters. The van der Waals surface area contributed by atoms with Crippen LogP contribution in [0.15, 0.2) is 42.5 Å². The molecule has 106 valence electrons. The average Bonchev–Trinajstić information content (AvgIpc) is 2.42. The number of benzene rings is 2. The fourth-order valence-electron chi connectivity index (χ4n) is 2.42. The number of hydrogen-bond acceptors (Lipinski definition) is 1. The summed E-state index contributed by atoms with van der Waals surface area (Å²) in [6.45, 7) is 7.14. The lowest BCUT2D eigenvalue weighted by Gasteiger charge is -2.21. The summed E-state index contributed by atoms with van der Waals surface area (Å²) in [4.78, 5) is 0. The summed E-state index contributed by atoms with van der Waals surface area (Å²) in [7, 11) is 0. The standard InChI is InChI=1S/C18H22FN/c1-4-11-20-18(15-7-5-13(2)6-8-15)17-10-9-16(19)12-14(17)3/h5-10,12,18,20H,4,11H2,1-3H3. The van der Waals surface area contributed by atoms with Gasteiger partial charge in [-0.25, -0.2) is 4.39 Å². The third kappa shape index (κ3) is 3.45. The van der Waals surface area contributed by atoms with Gasteiger partial charge in [0, 0.05) is 0 Å². The van der Waals surface area contributed by atoms with Crippen molar-refractivity contribution in [2.75, 3.05) is 6.54 Å². The summed E-state index contributed by atoms with van der Waals surface area (Å²) in [5.41, 5.74) is 4.60. The van der Waals surface area contributed by atoms with Crippen LogP contribution in [0, 0.1) is 19.7 Å². The van der Waals surface area contributed by atoms with Crippen LogP contribution >= 0.6 is 0 Å². The molecule has 0 spiro atoms. The van der Waals surface area contributed by atoms with Gasteiger partial charge in [0.25, 0.3) is 0 Å². The van der Waals surface area contributed by atoms with Crippen LogP contribution in [0.4, 0.5) is 4.39 Å². The normalized spacial score (nSPS) is 12.4. The van der Waals surface area contributed by atoms with Crippen LogP contribution < -0.4 is 5.32 Å². The average molecular weight is 271 g/mol. The van der Waals surface area contributed by atoms with Crippen molar-refractivity contribution in [1.29, 1.82) is 0 Å². The van der Waals surface area contributed by atoms with Crippen molar-refractivity contribution < 1.29 is 4.39 Å². The van der Waals surface area contributed by atoms with Crippen molar-refractivity contribution in [1.82, 2.24) is 5.32 Å². The molecular formula is C18H22FN. The molecule has 0 heterocycles. The second-order valence-corrected chi connectivity index (χ2v) is 5.30. The van der Waals surface area contributed by atoms with Crippen molar-refractivity contribution in [3.8, 4) is 0 Å². The Bertz CT molecular complexity index is 560. The van der Waals surface area contributed by atoms with E-state index in [2.05, 4.69) is 43.4 Å². The Morgan fingerprint density at radius 3 is 2.35 bits per heavy atom. The summed E-state index contributed by atoms with van der Waals surface area (Å²) in [6, 6.07) is 13.7. The zero-order valence-corrected chi connectivity index (χ0v) is 12.4. The molecular weight excluding hydrogens is 249 g/mol. The fraction of sp³-hybridized carbons (Fsp3) is 0.333. The van der Waals surface area contributed by atoms with E-state index in [1.807, 2.05) is 13.0 Å². The maximum absolute atomic E-state index is 13.3. The first kappa shape index (κ1) is 14.7. The first-order valence-electron chi connectivity index (χ1n) is 7.18. The number of halogens is 1. The molecule has 1 atom stereocenters. The maximum atomic E-state index is 13.3. The minimum absolute atomic E-state index is 0.121. The van der Waals surface area contributed by atoms with Crippen LogP contribution in [-0.4, -0.2) is 6.54 Å². The minimum Gasteiger partial charge on any atom is -0.306 e. The lowest BCUT2D eigenvalue weighted by Crippen LogP contribution is -2.24. The molecule has 1 nitrogen and oxygen atoms in total. The molecule has 2 rings (SSSR count). The smallest absolute Gasteiger partial charge is 0.123 e. The van der Waals surface area contributed by atoms with E-state index in [0.29, 0.717) is 0 Å². The largest absolute Gasteiger partial charge is 0.306 e. The fourth-order valence-corrected chi connectivity index (χ4v) is 2.42. The predicted octanol–water partition coefficient (Wildman–Crippen LogP) is 4.53. The molecule has 2 aromatic rings. The Hall–Kier alpha value is -1.67. The van der Waals surface area contributed by atoms with Gasteiger partial charge in [0.2, 0.25) is 0 Å². The lowest BCUT2D eigenvalue weighted by atomic mass is 9.94. The van der Waals surface area contributed by atoms with Crippen LogP contribution in [0.5, 0.6) is 0 Å². The van der Waals surface area contributed by atoms with Crippen molar-refractivity contribution in [3.05, 3.63) is 70.5 Å². The molecule has 20 heavy (non-hydrogen) atoms. The molecule has 0 bridgehead atoms. The summed E-state index contributed by atoms with van der Waals surface area (Å²) in [5.74, 6) is -0.176. The van der Waals surface area contributed by atoms with E-state index >= 15 is 0 Å². The van der Waals surface area contributed by atoms with Gasteiger partial charge >= 0.3 is 0 Å². The summed E-state index contributed by atoms with van der Waals surface area (Å²) < 4.78 is 13.3. The molecule has 0 aromatic heterocycles. The van der Waals surface area contributed by atoms with E-state index in [1.54, 1.807) is 6.07 Å². The number of rotatable bonds is 5. The van der Waals surface area contributed by atoms with E-state index in [4.69, 9.17) is 0 Å². The first-order chi connectivity index (χ1) is 9.61. The van der Waals surface area contributed by atoms with Gasteiger partial charge < -0.3 is 5.32 Å². The van der Waals surface area contributed by atoms with Gasteiger partial charge in [0.1, 0.15) is 5.82 Å². The number of nitrogens with one attached hydrogen (secondary N) is 1. The second-order valence-electron chi connectivity index (χ2n) is 5.30. The molecule has 0 aliphatic rings. The van der Waals surface area contributed by atoms with Gasteiger partial charge in [-0.2, -0.15) is 0 Å². The highest BCUT2D eigenvalue weighted by molar-refractivity contribution is 5.38. The Labute approximate surface area is 120 Å². The van der Waals surface area contributed by atoms with E-state index < -0.39 is 0 Å². The van der Waals surface area contributed by atoms with Crippen LogP contribution in [0.2, 0.25) is 0 Å². The molecule has 2 heteroatoms. The summed E-state index contributed by atoms with van der Waals surface area (Å²) >= 11 is 0. The number of aryl methyl sites for hydroxylation is 2. The lowest BCUT2D eigenvalue weighted by molar-refractivity contribution is 0.590. The van der Waals surface area contributed by atoms with E-state index in [0.717, 1.165) is 24.1 Å². The summed E-state index contributed by atoms with van der Waals surface area (Å²) in [6.07, 6.45) is 1.07. The molecule has 0 amide bonds. The van der Waals surface area contributed by atoms with Crippen molar-refractivity contribution in [2.45, 2.75) is 33.2 Å². The second kappa shape index (κ2) is 6.67. The Kier molecular flexibility index (Phi) is 4.91. The molecule has 0 saturated carbocycles. The molecule has 0 saturated heterocycles. The van der Waals surface area contributed by atoms with Gasteiger partial charge in [-0.3, -0.25) is 0 Å². The van der Waals surface area contributed by atoms with Crippen molar-refractivity contribution in [3.63, 3.8) is 0 Å². The quantitative estimate of drug-likeness (QED) is 0.842. The first-order valence-corrected chi connectivity index (χ1v) is 7.18. The van der Waals surface area contributed by atoms with Gasteiger partial charge in [0.15, 0.2) is 0 Å². The van der Waals surface area contributed by atoms with Crippen LogP contribution in [-0.2, 0) is 0 Å². The minimum atomic E-state index is -0.176. The van der Waals surface area contributed by atoms with Crippen LogP contribution in [0.25, 0.3) is 0 Å². The third-order valence-electron chi connectivity index (χ3n) is 3.55. The van der Waals surface area contributed by atoms with Gasteiger partial charge in [-0.05, 0) is 55.6 Å². The van der Waals surface area contributed by atoms with Gasteiger partial charge in [-0.15, -0.1) is 0 Å². The molecule has 1 N–H and O–H groups in total. The van der Waals surface area contributed by atoms with Crippen molar-refractivity contribution >= 4 is 0 Å². The Morgan fingerprint density at radius 2 is 1.75 bits per heavy atom. The van der Waals surface area contributed by atoms with E-state index in [-0.39, 0.29) is 11.9 Å². The molecule has 0 aliphatic heterocycles. The topological polar surface area (TPSA) is 12.0 Å². The number of hydrogen-bond donors (Lipinski definition) is 1. The summed E-state index contributed by atoms with van der Waals surface area (Å²) in [5, 5.41) is 3.56. The zero-order valence-electron chi connectivity index (χ0n) is 12.4. The zero-order chi connectivity index (χ0) is 14.5. The predicted molar refractivity (Wildman–Crippen MR) is 82.5 cm³/mol. The SMILES string of the molecule is CCCNC(c1ccc(C)cc1)c1ccc(F)cc1C. The molecule has 0 fully saturated rings. The molecule has 2 aromatic carbocycles. The highest BCUT2D eigenvalue weighted by atomic mass is 19.1. The van der Waals surface area contributed by atoms with Crippen LogP contribution in [0.1, 0.15) is 41.6 Å². The van der Waals surface area contributed by atoms with Gasteiger partial charge in [-0.1, -0.05) is 42.8 Å². The maximum Gasteiger partial charge on any atom is 0.123 e.